The molecule has 2 saturated heterocycles. The Hall–Kier alpha value is -2.52. The minimum atomic E-state index is 0.139. The van der Waals surface area contributed by atoms with Crippen molar-refractivity contribution in [2.75, 3.05) is 0 Å². The second-order valence-electron chi connectivity index (χ2n) is 7.95. The van der Waals surface area contributed by atoms with Crippen molar-refractivity contribution in [1.82, 2.24) is 9.88 Å². The van der Waals surface area contributed by atoms with Crippen LogP contribution in [0.1, 0.15) is 41.6 Å². The minimum Gasteiger partial charge on any atom is -0.294 e. The van der Waals surface area contributed by atoms with Crippen LogP contribution in [0.3, 0.4) is 0 Å². The van der Waals surface area contributed by atoms with Gasteiger partial charge in [-0.3, -0.25) is 14.7 Å². The van der Waals surface area contributed by atoms with Crippen molar-refractivity contribution in [2.24, 2.45) is 5.92 Å². The van der Waals surface area contributed by atoms with Crippen LogP contribution in [0, 0.1) is 5.92 Å². The standard InChI is InChI=1S/C24H24N2O/c27-24(22-8-4-10-23-21(22)9-5-13-25-23)18-14-19-11-12-20(15-18)26(19)16-17-6-2-1-3-7-17/h1-10,13,18-20H,11-12,14-16H2. The third-order valence-electron chi connectivity index (χ3n) is 6.37. The molecule has 0 spiro atoms. The van der Waals surface area contributed by atoms with Crippen LogP contribution >= 0.6 is 0 Å². The number of rotatable bonds is 4. The zero-order valence-electron chi connectivity index (χ0n) is 15.4. The van der Waals surface area contributed by atoms with Crippen molar-refractivity contribution in [1.29, 1.82) is 0 Å². The van der Waals surface area contributed by atoms with E-state index in [0.29, 0.717) is 17.9 Å². The number of pyridine rings is 1. The van der Waals surface area contributed by atoms with Crippen LogP contribution in [-0.4, -0.2) is 27.8 Å². The molecule has 27 heavy (non-hydrogen) atoms. The normalized spacial score (nSPS) is 25.0. The molecule has 2 unspecified atom stereocenters. The summed E-state index contributed by atoms with van der Waals surface area (Å²) in [4.78, 5) is 20.4. The molecule has 0 saturated carbocycles. The fraction of sp³-hybridized carbons (Fsp3) is 0.333. The monoisotopic (exact) mass is 356 g/mol. The first kappa shape index (κ1) is 16.6. The summed E-state index contributed by atoms with van der Waals surface area (Å²) >= 11 is 0. The van der Waals surface area contributed by atoms with Gasteiger partial charge in [-0.2, -0.15) is 0 Å². The van der Waals surface area contributed by atoms with E-state index in [1.165, 1.54) is 18.4 Å². The van der Waals surface area contributed by atoms with Gasteiger partial charge in [-0.25, -0.2) is 0 Å². The van der Waals surface area contributed by atoms with Gasteiger partial charge >= 0.3 is 0 Å². The Morgan fingerprint density at radius 3 is 2.48 bits per heavy atom. The number of aromatic nitrogens is 1. The number of carbonyl (C=O) groups excluding carboxylic acids is 1. The van der Waals surface area contributed by atoms with Crippen LogP contribution in [0.25, 0.3) is 10.9 Å². The maximum atomic E-state index is 13.4. The zero-order chi connectivity index (χ0) is 18.2. The topological polar surface area (TPSA) is 33.2 Å². The summed E-state index contributed by atoms with van der Waals surface area (Å²) in [5.41, 5.74) is 3.13. The van der Waals surface area contributed by atoms with E-state index >= 15 is 0 Å². The quantitative estimate of drug-likeness (QED) is 0.626. The van der Waals surface area contributed by atoms with Gasteiger partial charge in [0, 0.05) is 41.7 Å². The predicted molar refractivity (Wildman–Crippen MR) is 108 cm³/mol. The van der Waals surface area contributed by atoms with Gasteiger partial charge in [0.2, 0.25) is 0 Å². The van der Waals surface area contributed by atoms with Crippen LogP contribution < -0.4 is 0 Å². The third-order valence-corrected chi connectivity index (χ3v) is 6.37. The summed E-state index contributed by atoms with van der Waals surface area (Å²) < 4.78 is 0. The molecule has 0 aliphatic carbocycles. The van der Waals surface area contributed by atoms with Crippen molar-refractivity contribution in [3.63, 3.8) is 0 Å². The lowest BCUT2D eigenvalue weighted by molar-refractivity contribution is 0.0679. The third kappa shape index (κ3) is 3.06. The Balaban J connectivity index is 1.37. The fourth-order valence-electron chi connectivity index (χ4n) is 5.08. The number of benzene rings is 2. The highest BCUT2D eigenvalue weighted by Crippen LogP contribution is 2.41. The number of hydrogen-bond donors (Lipinski definition) is 0. The summed E-state index contributed by atoms with van der Waals surface area (Å²) in [6.45, 7) is 1.01. The number of carbonyl (C=O) groups is 1. The second-order valence-corrected chi connectivity index (χ2v) is 7.95. The maximum Gasteiger partial charge on any atom is 0.166 e. The van der Waals surface area contributed by atoms with Gasteiger partial charge in [-0.1, -0.05) is 48.5 Å². The Kier molecular flexibility index (Phi) is 4.25. The van der Waals surface area contributed by atoms with E-state index < -0.39 is 0 Å². The van der Waals surface area contributed by atoms with Gasteiger partial charge in [0.25, 0.3) is 0 Å². The molecule has 1 aromatic heterocycles. The summed E-state index contributed by atoms with van der Waals surface area (Å²) in [6, 6.07) is 21.6. The molecule has 3 heteroatoms. The lowest BCUT2D eigenvalue weighted by Crippen LogP contribution is -2.44. The summed E-state index contributed by atoms with van der Waals surface area (Å²) in [5, 5.41) is 0.990. The number of Topliss-reactive ketones (excluding diaryl/α,β-unsaturated/α-hetero) is 1. The lowest BCUT2D eigenvalue weighted by atomic mass is 9.83. The SMILES string of the molecule is O=C(c1cccc2ncccc12)C1CC2CCC(C1)N2Cc1ccccc1. The highest BCUT2D eigenvalue weighted by atomic mass is 16.1. The number of piperidine rings is 1. The average Bonchev–Trinajstić information content (AvgIpc) is 2.95. The smallest absolute Gasteiger partial charge is 0.166 e. The molecule has 2 atom stereocenters. The Labute approximate surface area is 160 Å². The van der Waals surface area contributed by atoms with Crippen LogP contribution in [0.2, 0.25) is 0 Å². The fourth-order valence-corrected chi connectivity index (χ4v) is 5.08. The molecule has 2 aliphatic rings. The first-order chi connectivity index (χ1) is 13.3. The van der Waals surface area contributed by atoms with Crippen molar-refractivity contribution < 1.29 is 4.79 Å². The Morgan fingerprint density at radius 1 is 0.926 bits per heavy atom. The number of fused-ring (bicyclic) bond motifs is 3. The summed E-state index contributed by atoms with van der Waals surface area (Å²) in [5.74, 6) is 0.449. The molecular formula is C24H24N2O. The highest BCUT2D eigenvalue weighted by molar-refractivity contribution is 6.08. The van der Waals surface area contributed by atoms with Crippen molar-refractivity contribution in [2.45, 2.75) is 44.3 Å². The van der Waals surface area contributed by atoms with Crippen molar-refractivity contribution >= 4 is 16.7 Å². The molecule has 2 bridgehead atoms. The first-order valence-corrected chi connectivity index (χ1v) is 9.97. The molecule has 3 aromatic rings. The van der Waals surface area contributed by atoms with Crippen LogP contribution in [0.4, 0.5) is 0 Å². The number of hydrogen-bond acceptors (Lipinski definition) is 3. The van der Waals surface area contributed by atoms with E-state index in [4.69, 9.17) is 0 Å². The van der Waals surface area contributed by atoms with Crippen LogP contribution in [-0.2, 0) is 6.54 Å². The van der Waals surface area contributed by atoms with Gasteiger partial charge in [-0.15, -0.1) is 0 Å². The molecule has 0 amide bonds. The van der Waals surface area contributed by atoms with Crippen molar-refractivity contribution in [3.05, 3.63) is 78.0 Å². The Bertz CT molecular complexity index is 949. The lowest BCUT2D eigenvalue weighted by Gasteiger charge is -2.38. The van der Waals surface area contributed by atoms with E-state index in [9.17, 15) is 4.79 Å². The minimum absolute atomic E-state index is 0.139. The molecule has 0 radical (unpaired) electrons. The molecule has 2 aliphatic heterocycles. The summed E-state index contributed by atoms with van der Waals surface area (Å²) in [6.07, 6.45) is 6.20. The predicted octanol–water partition coefficient (Wildman–Crippen LogP) is 4.86. The largest absolute Gasteiger partial charge is 0.294 e. The van der Waals surface area contributed by atoms with Gasteiger partial charge in [-0.05, 0) is 43.4 Å². The molecule has 0 N–H and O–H groups in total. The highest BCUT2D eigenvalue weighted by Gasteiger charge is 2.42. The van der Waals surface area contributed by atoms with E-state index in [2.05, 4.69) is 40.2 Å². The van der Waals surface area contributed by atoms with Gasteiger partial charge in [0.05, 0.1) is 5.52 Å². The molecule has 2 aromatic carbocycles. The molecule has 136 valence electrons. The van der Waals surface area contributed by atoms with Crippen LogP contribution in [0.5, 0.6) is 0 Å². The van der Waals surface area contributed by atoms with Gasteiger partial charge in [0.15, 0.2) is 5.78 Å². The Morgan fingerprint density at radius 2 is 1.70 bits per heavy atom. The average molecular weight is 356 g/mol. The maximum absolute atomic E-state index is 13.4. The van der Waals surface area contributed by atoms with Gasteiger partial charge in [0.1, 0.15) is 0 Å². The van der Waals surface area contributed by atoms with E-state index in [0.717, 1.165) is 35.9 Å². The molecular weight excluding hydrogens is 332 g/mol. The molecule has 3 heterocycles. The first-order valence-electron chi connectivity index (χ1n) is 9.97. The second kappa shape index (κ2) is 6.90. The van der Waals surface area contributed by atoms with Gasteiger partial charge < -0.3 is 0 Å². The number of nitrogens with zero attached hydrogens (tertiary/aromatic N) is 2. The number of ketones is 1. The van der Waals surface area contributed by atoms with E-state index in [1.807, 2.05) is 30.3 Å². The molecule has 5 rings (SSSR count). The molecule has 2 fully saturated rings. The van der Waals surface area contributed by atoms with Crippen LogP contribution in [0.15, 0.2) is 66.9 Å². The zero-order valence-corrected chi connectivity index (χ0v) is 15.4. The molecule has 3 nitrogen and oxygen atoms in total. The summed E-state index contributed by atoms with van der Waals surface area (Å²) in [7, 11) is 0. The van der Waals surface area contributed by atoms with E-state index in [1.54, 1.807) is 6.20 Å². The van der Waals surface area contributed by atoms with E-state index in [-0.39, 0.29) is 5.92 Å². The van der Waals surface area contributed by atoms with Crippen molar-refractivity contribution in [3.8, 4) is 0 Å².